The fraction of sp³-hybridized carbons (Fsp3) is 0.389. The highest BCUT2D eigenvalue weighted by atomic mass is 16.1. The van der Waals surface area contributed by atoms with Crippen molar-refractivity contribution in [2.24, 2.45) is 0 Å². The molecule has 1 aliphatic carbocycles. The predicted octanol–water partition coefficient (Wildman–Crippen LogP) is 4.20. The molecule has 1 nitrogen and oxygen atoms in total. The van der Waals surface area contributed by atoms with Crippen LogP contribution in [0.25, 0.3) is 10.8 Å². The third kappa shape index (κ3) is 2.30. The number of aryl methyl sites for hydroxylation is 1. The van der Waals surface area contributed by atoms with Gasteiger partial charge in [0.1, 0.15) is 5.78 Å². The van der Waals surface area contributed by atoms with Crippen molar-refractivity contribution in [1.29, 1.82) is 0 Å². The van der Waals surface area contributed by atoms with Crippen LogP contribution in [0.2, 0.25) is 0 Å². The first-order valence-electron chi connectivity index (χ1n) is 7.01. The van der Waals surface area contributed by atoms with Crippen molar-refractivity contribution in [1.82, 2.24) is 0 Å². The minimum Gasteiger partial charge on any atom is -0.299 e. The summed E-state index contributed by atoms with van der Waals surface area (Å²) in [5, 5.41) is 2.56. The smallest absolute Gasteiger partial charge is 0.137 e. The second-order valence-electron chi connectivity index (χ2n) is 6.65. The Morgan fingerprint density at radius 3 is 2.37 bits per heavy atom. The van der Waals surface area contributed by atoms with Crippen LogP contribution in [0.3, 0.4) is 0 Å². The van der Waals surface area contributed by atoms with Gasteiger partial charge < -0.3 is 0 Å². The number of benzene rings is 2. The van der Waals surface area contributed by atoms with Crippen LogP contribution >= 0.6 is 0 Å². The molecule has 98 valence electrons. The molecular weight excluding hydrogens is 232 g/mol. The number of rotatable bonds is 0. The largest absolute Gasteiger partial charge is 0.299 e. The average molecular weight is 252 g/mol. The number of Topliss-reactive ketones (excluding diaryl/α,β-unsaturated/α-hetero) is 1. The van der Waals surface area contributed by atoms with Crippen molar-refractivity contribution in [3.8, 4) is 0 Å². The maximum Gasteiger partial charge on any atom is 0.137 e. The van der Waals surface area contributed by atoms with Gasteiger partial charge in [0.25, 0.3) is 0 Å². The molecule has 0 heterocycles. The van der Waals surface area contributed by atoms with Crippen LogP contribution in [0.1, 0.15) is 43.9 Å². The fourth-order valence-electron chi connectivity index (χ4n) is 2.83. The van der Waals surface area contributed by atoms with Gasteiger partial charge in [0.05, 0.1) is 0 Å². The van der Waals surface area contributed by atoms with E-state index in [1.807, 2.05) is 0 Å². The molecule has 0 unspecified atom stereocenters. The van der Waals surface area contributed by atoms with E-state index in [1.54, 1.807) is 0 Å². The van der Waals surface area contributed by atoms with Gasteiger partial charge in [0.15, 0.2) is 0 Å². The number of hydrogen-bond donors (Lipinski definition) is 0. The number of fused-ring (bicyclic) bond motifs is 2. The molecule has 0 amide bonds. The van der Waals surface area contributed by atoms with Crippen LogP contribution in [0.15, 0.2) is 30.3 Å². The van der Waals surface area contributed by atoms with Crippen LogP contribution in [0.5, 0.6) is 0 Å². The summed E-state index contributed by atoms with van der Waals surface area (Å²) in [6.07, 6.45) is 2.23. The van der Waals surface area contributed by atoms with E-state index < -0.39 is 0 Å². The Balaban J connectivity index is 2.16. The minimum absolute atomic E-state index is 0.167. The van der Waals surface area contributed by atoms with Gasteiger partial charge in [-0.3, -0.25) is 4.79 Å². The van der Waals surface area contributed by atoms with Gasteiger partial charge in [-0.1, -0.05) is 51.1 Å². The molecule has 0 N–H and O–H groups in total. The van der Waals surface area contributed by atoms with Crippen molar-refractivity contribution in [3.63, 3.8) is 0 Å². The van der Waals surface area contributed by atoms with Crippen molar-refractivity contribution in [3.05, 3.63) is 47.0 Å². The summed E-state index contributed by atoms with van der Waals surface area (Å²) in [6.45, 7) is 6.70. The standard InChI is InChI=1S/C18H20O/c1-18(2,3)16-6-4-12-8-13-5-7-17(19)11-15(13)9-14(12)10-16/h4,6,8-10H,5,7,11H2,1-3H3. The predicted molar refractivity (Wildman–Crippen MR) is 79.7 cm³/mol. The monoisotopic (exact) mass is 252 g/mol. The summed E-state index contributed by atoms with van der Waals surface area (Å²) in [6, 6.07) is 11.2. The van der Waals surface area contributed by atoms with Gasteiger partial charge in [0.2, 0.25) is 0 Å². The Hall–Kier alpha value is -1.63. The molecule has 0 radical (unpaired) electrons. The number of ketones is 1. The molecule has 0 aromatic heterocycles. The molecule has 0 bridgehead atoms. The lowest BCUT2D eigenvalue weighted by Gasteiger charge is -2.21. The zero-order valence-electron chi connectivity index (χ0n) is 11.9. The van der Waals surface area contributed by atoms with Crippen molar-refractivity contribution in [2.75, 3.05) is 0 Å². The Labute approximate surface area is 114 Å². The summed E-state index contributed by atoms with van der Waals surface area (Å²) >= 11 is 0. The van der Waals surface area contributed by atoms with E-state index in [4.69, 9.17) is 0 Å². The van der Waals surface area contributed by atoms with Gasteiger partial charge in [-0.15, -0.1) is 0 Å². The lowest BCUT2D eigenvalue weighted by Crippen LogP contribution is -2.13. The number of hydrogen-bond acceptors (Lipinski definition) is 1. The molecule has 2 aromatic carbocycles. The second kappa shape index (κ2) is 4.19. The van der Waals surface area contributed by atoms with Gasteiger partial charge >= 0.3 is 0 Å². The molecule has 0 spiro atoms. The molecule has 0 fully saturated rings. The molecule has 0 aliphatic heterocycles. The molecule has 0 saturated carbocycles. The average Bonchev–Trinajstić information content (AvgIpc) is 2.34. The van der Waals surface area contributed by atoms with Gasteiger partial charge in [-0.25, -0.2) is 0 Å². The molecule has 3 rings (SSSR count). The van der Waals surface area contributed by atoms with E-state index in [1.165, 1.54) is 27.5 Å². The maximum absolute atomic E-state index is 11.6. The van der Waals surface area contributed by atoms with E-state index in [0.29, 0.717) is 18.6 Å². The zero-order chi connectivity index (χ0) is 13.6. The molecular formula is C18H20O. The van der Waals surface area contributed by atoms with Crippen LogP contribution < -0.4 is 0 Å². The first-order valence-corrected chi connectivity index (χ1v) is 7.01. The van der Waals surface area contributed by atoms with E-state index in [0.717, 1.165) is 6.42 Å². The summed E-state index contributed by atoms with van der Waals surface area (Å²) in [7, 11) is 0. The van der Waals surface area contributed by atoms with Gasteiger partial charge in [-0.05, 0) is 39.3 Å². The summed E-state index contributed by atoms with van der Waals surface area (Å²) in [4.78, 5) is 11.6. The van der Waals surface area contributed by atoms with Crippen molar-refractivity contribution >= 4 is 16.6 Å². The third-order valence-electron chi connectivity index (χ3n) is 4.09. The Kier molecular flexibility index (Phi) is 2.74. The molecule has 19 heavy (non-hydrogen) atoms. The highest BCUT2D eigenvalue weighted by Crippen LogP contribution is 2.29. The maximum atomic E-state index is 11.6. The fourth-order valence-corrected chi connectivity index (χ4v) is 2.83. The van der Waals surface area contributed by atoms with E-state index in [-0.39, 0.29) is 5.41 Å². The number of carbonyl (C=O) groups excluding carboxylic acids is 1. The molecule has 1 aliphatic rings. The van der Waals surface area contributed by atoms with E-state index in [2.05, 4.69) is 51.1 Å². The topological polar surface area (TPSA) is 17.1 Å². The first kappa shape index (κ1) is 12.4. The zero-order valence-corrected chi connectivity index (χ0v) is 11.9. The van der Waals surface area contributed by atoms with Gasteiger partial charge in [-0.2, -0.15) is 0 Å². The van der Waals surface area contributed by atoms with Crippen LogP contribution in [-0.2, 0) is 23.1 Å². The lowest BCUT2D eigenvalue weighted by molar-refractivity contribution is -0.118. The highest BCUT2D eigenvalue weighted by Gasteiger charge is 2.18. The SMILES string of the molecule is CC(C)(C)c1ccc2cc3c(cc2c1)CC(=O)CC3. The van der Waals surface area contributed by atoms with Crippen LogP contribution in [-0.4, -0.2) is 5.78 Å². The number of carbonyl (C=O) groups is 1. The van der Waals surface area contributed by atoms with Crippen molar-refractivity contribution in [2.45, 2.75) is 45.4 Å². The Morgan fingerprint density at radius 2 is 1.63 bits per heavy atom. The lowest BCUT2D eigenvalue weighted by atomic mass is 9.84. The van der Waals surface area contributed by atoms with Crippen LogP contribution in [0, 0.1) is 0 Å². The van der Waals surface area contributed by atoms with E-state index in [9.17, 15) is 4.79 Å². The van der Waals surface area contributed by atoms with E-state index >= 15 is 0 Å². The molecule has 1 heteroatoms. The summed E-state index contributed by atoms with van der Waals surface area (Å²) < 4.78 is 0. The molecule has 2 aromatic rings. The van der Waals surface area contributed by atoms with Crippen LogP contribution in [0.4, 0.5) is 0 Å². The van der Waals surface area contributed by atoms with Gasteiger partial charge in [0, 0.05) is 12.8 Å². The molecule has 0 atom stereocenters. The molecule has 0 saturated heterocycles. The first-order chi connectivity index (χ1) is 8.93. The van der Waals surface area contributed by atoms with Crippen molar-refractivity contribution < 1.29 is 4.79 Å². The Morgan fingerprint density at radius 1 is 0.895 bits per heavy atom. The highest BCUT2D eigenvalue weighted by molar-refractivity contribution is 5.89. The normalized spacial score (nSPS) is 15.6. The quantitative estimate of drug-likeness (QED) is 0.687. The third-order valence-corrected chi connectivity index (χ3v) is 4.09. The summed E-state index contributed by atoms with van der Waals surface area (Å²) in [5.74, 6) is 0.374. The Bertz CT molecular complexity index is 659. The second-order valence-corrected chi connectivity index (χ2v) is 6.65. The minimum atomic E-state index is 0.167. The summed E-state index contributed by atoms with van der Waals surface area (Å²) in [5.41, 5.74) is 4.10.